The van der Waals surface area contributed by atoms with Gasteiger partial charge in [-0.3, -0.25) is 9.63 Å². The molecule has 6 heteroatoms. The van der Waals surface area contributed by atoms with Crippen LogP contribution in [-0.4, -0.2) is 37.3 Å². The van der Waals surface area contributed by atoms with E-state index in [2.05, 4.69) is 5.32 Å². The van der Waals surface area contributed by atoms with Crippen molar-refractivity contribution in [2.75, 3.05) is 14.2 Å². The first-order chi connectivity index (χ1) is 9.95. The maximum Gasteiger partial charge on any atom is 0.408 e. The lowest BCUT2D eigenvalue weighted by molar-refractivity contribution is -0.172. The molecule has 0 spiro atoms. The summed E-state index contributed by atoms with van der Waals surface area (Å²) in [5.41, 5.74) is 0.883. The third kappa shape index (κ3) is 5.43. The van der Waals surface area contributed by atoms with Crippen molar-refractivity contribution in [2.45, 2.75) is 26.5 Å². The molecule has 2 amide bonds. The third-order valence-corrected chi connectivity index (χ3v) is 3.00. The van der Waals surface area contributed by atoms with Crippen LogP contribution in [0.15, 0.2) is 30.3 Å². The van der Waals surface area contributed by atoms with Gasteiger partial charge in [-0.2, -0.15) is 0 Å². The predicted octanol–water partition coefficient (Wildman–Crippen LogP) is 1.96. The van der Waals surface area contributed by atoms with Crippen LogP contribution in [-0.2, 0) is 21.0 Å². The van der Waals surface area contributed by atoms with Crippen LogP contribution in [0, 0.1) is 5.92 Å². The zero-order chi connectivity index (χ0) is 15.8. The lowest BCUT2D eigenvalue weighted by Crippen LogP contribution is -2.50. The Bertz CT molecular complexity index is 462. The van der Waals surface area contributed by atoms with E-state index in [4.69, 9.17) is 9.57 Å². The molecule has 1 aromatic carbocycles. The fourth-order valence-electron chi connectivity index (χ4n) is 1.69. The molecule has 0 heterocycles. The van der Waals surface area contributed by atoms with Crippen LogP contribution in [0.4, 0.5) is 4.79 Å². The highest BCUT2D eigenvalue weighted by molar-refractivity contribution is 5.85. The second kappa shape index (κ2) is 8.26. The summed E-state index contributed by atoms with van der Waals surface area (Å²) in [6.07, 6.45) is -0.629. The fourth-order valence-corrected chi connectivity index (χ4v) is 1.69. The molecule has 0 aliphatic rings. The second-order valence-corrected chi connectivity index (χ2v) is 4.95. The number of nitrogens with one attached hydrogen (secondary N) is 1. The van der Waals surface area contributed by atoms with Crippen LogP contribution >= 0.6 is 0 Å². The van der Waals surface area contributed by atoms with Crippen molar-refractivity contribution < 1.29 is 19.2 Å². The summed E-state index contributed by atoms with van der Waals surface area (Å²) >= 11 is 0. The minimum absolute atomic E-state index is 0.0839. The van der Waals surface area contributed by atoms with Crippen LogP contribution < -0.4 is 5.32 Å². The van der Waals surface area contributed by atoms with Gasteiger partial charge in [0.2, 0.25) is 0 Å². The van der Waals surface area contributed by atoms with Gasteiger partial charge >= 0.3 is 6.09 Å². The number of amides is 2. The molecule has 0 saturated heterocycles. The van der Waals surface area contributed by atoms with Crippen LogP contribution in [0.5, 0.6) is 0 Å². The predicted molar refractivity (Wildman–Crippen MR) is 78.2 cm³/mol. The van der Waals surface area contributed by atoms with Crippen LogP contribution in [0.3, 0.4) is 0 Å². The molecule has 0 bridgehead atoms. The van der Waals surface area contributed by atoms with Gasteiger partial charge in [-0.1, -0.05) is 44.2 Å². The highest BCUT2D eigenvalue weighted by Gasteiger charge is 2.27. The lowest BCUT2D eigenvalue weighted by Gasteiger charge is -2.25. The summed E-state index contributed by atoms with van der Waals surface area (Å²) in [5.74, 6) is -0.413. The number of carbonyl (C=O) groups is 2. The summed E-state index contributed by atoms with van der Waals surface area (Å²) in [4.78, 5) is 28.7. The summed E-state index contributed by atoms with van der Waals surface area (Å²) in [7, 11) is 2.89. The van der Waals surface area contributed by atoms with Gasteiger partial charge in [0.1, 0.15) is 12.6 Å². The first kappa shape index (κ1) is 17.0. The molecule has 0 aliphatic carbocycles. The number of hydrogen-bond acceptors (Lipinski definition) is 4. The van der Waals surface area contributed by atoms with Gasteiger partial charge in [0, 0.05) is 7.05 Å². The third-order valence-electron chi connectivity index (χ3n) is 3.00. The summed E-state index contributed by atoms with van der Waals surface area (Å²) < 4.78 is 5.11. The van der Waals surface area contributed by atoms with Crippen molar-refractivity contribution in [2.24, 2.45) is 5.92 Å². The van der Waals surface area contributed by atoms with Gasteiger partial charge in [-0.25, -0.2) is 9.86 Å². The number of nitrogens with zero attached hydrogens (tertiary/aromatic N) is 1. The van der Waals surface area contributed by atoms with E-state index in [1.807, 2.05) is 44.2 Å². The van der Waals surface area contributed by atoms with Gasteiger partial charge in [0.25, 0.3) is 5.91 Å². The van der Waals surface area contributed by atoms with Crippen molar-refractivity contribution in [1.82, 2.24) is 10.4 Å². The van der Waals surface area contributed by atoms with Gasteiger partial charge in [0.15, 0.2) is 0 Å². The summed E-state index contributed by atoms with van der Waals surface area (Å²) in [6, 6.07) is 8.64. The first-order valence-corrected chi connectivity index (χ1v) is 6.74. The average molecular weight is 294 g/mol. The Balaban J connectivity index is 2.55. The Morgan fingerprint density at radius 2 is 1.86 bits per heavy atom. The lowest BCUT2D eigenvalue weighted by atomic mass is 10.0. The molecular formula is C15H22N2O4. The van der Waals surface area contributed by atoms with E-state index in [9.17, 15) is 9.59 Å². The largest absolute Gasteiger partial charge is 0.445 e. The Morgan fingerprint density at radius 1 is 1.24 bits per heavy atom. The van der Waals surface area contributed by atoms with E-state index in [-0.39, 0.29) is 18.4 Å². The van der Waals surface area contributed by atoms with E-state index in [0.717, 1.165) is 10.6 Å². The molecule has 1 rings (SSSR count). The molecule has 0 aliphatic heterocycles. The van der Waals surface area contributed by atoms with Gasteiger partial charge in [-0.15, -0.1) is 0 Å². The standard InChI is InChI=1S/C15H22N2O4/c1-11(2)13(14(18)17(3)20-4)16-15(19)21-10-12-8-6-5-7-9-12/h5-9,11,13H,10H2,1-4H3,(H,16,19)/t13-/m1/s1. The molecule has 1 aromatic rings. The minimum Gasteiger partial charge on any atom is -0.445 e. The molecule has 0 fully saturated rings. The number of hydroxylamine groups is 2. The van der Waals surface area contributed by atoms with Crippen molar-refractivity contribution in [3.63, 3.8) is 0 Å². The average Bonchev–Trinajstić information content (AvgIpc) is 2.49. The second-order valence-electron chi connectivity index (χ2n) is 4.95. The van der Waals surface area contributed by atoms with E-state index in [1.54, 1.807) is 0 Å². The fraction of sp³-hybridized carbons (Fsp3) is 0.467. The van der Waals surface area contributed by atoms with Crippen molar-refractivity contribution in [1.29, 1.82) is 0 Å². The number of likely N-dealkylation sites (N-methyl/N-ethyl adjacent to an activating group) is 1. The number of hydrogen-bond donors (Lipinski definition) is 1. The monoisotopic (exact) mass is 294 g/mol. The maximum absolute atomic E-state index is 12.1. The smallest absolute Gasteiger partial charge is 0.408 e. The summed E-state index contributed by atoms with van der Waals surface area (Å²) in [5, 5.41) is 3.65. The van der Waals surface area contributed by atoms with Gasteiger partial charge < -0.3 is 10.1 Å². The topological polar surface area (TPSA) is 67.9 Å². The van der Waals surface area contributed by atoms with E-state index in [0.29, 0.717) is 0 Å². The van der Waals surface area contributed by atoms with E-state index in [1.165, 1.54) is 14.2 Å². The zero-order valence-electron chi connectivity index (χ0n) is 12.8. The van der Waals surface area contributed by atoms with Crippen LogP contribution in [0.2, 0.25) is 0 Å². The molecule has 0 saturated carbocycles. The van der Waals surface area contributed by atoms with Crippen LogP contribution in [0.25, 0.3) is 0 Å². The zero-order valence-corrected chi connectivity index (χ0v) is 12.8. The molecule has 0 aromatic heterocycles. The Labute approximate surface area is 125 Å². The minimum atomic E-state index is -0.696. The van der Waals surface area contributed by atoms with Crippen molar-refractivity contribution >= 4 is 12.0 Å². The summed E-state index contributed by atoms with van der Waals surface area (Å²) in [6.45, 7) is 3.83. The normalized spacial score (nSPS) is 11.9. The molecule has 6 nitrogen and oxygen atoms in total. The first-order valence-electron chi connectivity index (χ1n) is 6.74. The van der Waals surface area contributed by atoms with Crippen LogP contribution in [0.1, 0.15) is 19.4 Å². The number of benzene rings is 1. The van der Waals surface area contributed by atoms with Crippen molar-refractivity contribution in [3.05, 3.63) is 35.9 Å². The quantitative estimate of drug-likeness (QED) is 0.814. The molecule has 21 heavy (non-hydrogen) atoms. The molecule has 0 radical (unpaired) electrons. The highest BCUT2D eigenvalue weighted by Crippen LogP contribution is 2.07. The number of alkyl carbamates (subject to hydrolysis) is 1. The number of carbonyl (C=O) groups excluding carboxylic acids is 2. The number of rotatable bonds is 6. The molecule has 1 atom stereocenters. The molecule has 1 N–H and O–H groups in total. The Kier molecular flexibility index (Phi) is 6.68. The van der Waals surface area contributed by atoms with Crippen molar-refractivity contribution in [3.8, 4) is 0 Å². The molecule has 0 unspecified atom stereocenters. The Hall–Kier alpha value is -2.08. The van der Waals surface area contributed by atoms with E-state index >= 15 is 0 Å². The Morgan fingerprint density at radius 3 is 2.38 bits per heavy atom. The number of ether oxygens (including phenoxy) is 1. The SMILES string of the molecule is CON(C)C(=O)[C@H](NC(=O)OCc1ccccc1)C(C)C. The maximum atomic E-state index is 12.1. The molecule has 116 valence electrons. The van der Waals surface area contributed by atoms with Gasteiger partial charge in [0.05, 0.1) is 7.11 Å². The molecular weight excluding hydrogens is 272 g/mol. The van der Waals surface area contributed by atoms with E-state index < -0.39 is 12.1 Å². The van der Waals surface area contributed by atoms with Gasteiger partial charge in [-0.05, 0) is 11.5 Å². The highest BCUT2D eigenvalue weighted by atomic mass is 16.7.